The molecule has 4 nitrogen and oxygen atoms in total. The molecule has 1 amide bonds. The fourth-order valence-electron chi connectivity index (χ4n) is 1.81. The topological polar surface area (TPSA) is 66.6 Å². The van der Waals surface area contributed by atoms with Gasteiger partial charge in [-0.2, -0.15) is 0 Å². The van der Waals surface area contributed by atoms with Gasteiger partial charge in [0.2, 0.25) is 0 Å². The first kappa shape index (κ1) is 11.9. The molecule has 0 radical (unpaired) electrons. The minimum Gasteiger partial charge on any atom is -0.399 e. The van der Waals surface area contributed by atoms with Crippen LogP contribution in [0.15, 0.2) is 18.2 Å². The molecule has 0 atom stereocenters. The van der Waals surface area contributed by atoms with Gasteiger partial charge in [0.15, 0.2) is 0 Å². The summed E-state index contributed by atoms with van der Waals surface area (Å²) in [7, 11) is 0. The molecule has 3 N–H and O–H groups in total. The fraction of sp³-hybridized carbons (Fsp3) is 0.417. The first-order valence-electron chi connectivity index (χ1n) is 5.60. The van der Waals surface area contributed by atoms with Crippen molar-refractivity contribution < 1.29 is 14.3 Å². The van der Waals surface area contributed by atoms with Gasteiger partial charge in [-0.05, 0) is 31.0 Å². The number of carbonyl (C=O) groups excluding carboxylic acids is 1. The van der Waals surface area contributed by atoms with Gasteiger partial charge in [0.25, 0.3) is 5.91 Å². The molecule has 92 valence electrons. The van der Waals surface area contributed by atoms with Crippen LogP contribution in [0.3, 0.4) is 0 Å². The number of aliphatic hydroxyl groups excluding tert-OH is 1. The van der Waals surface area contributed by atoms with E-state index in [0.717, 1.165) is 12.8 Å². The summed E-state index contributed by atoms with van der Waals surface area (Å²) in [6.45, 7) is 0.115. The molecule has 1 aliphatic carbocycles. The van der Waals surface area contributed by atoms with E-state index in [-0.39, 0.29) is 24.8 Å². The number of amides is 1. The first-order valence-corrected chi connectivity index (χ1v) is 5.60. The summed E-state index contributed by atoms with van der Waals surface area (Å²) in [5.74, 6) is -0.973. The summed E-state index contributed by atoms with van der Waals surface area (Å²) < 4.78 is 13.5. The van der Waals surface area contributed by atoms with E-state index in [4.69, 9.17) is 10.8 Å². The van der Waals surface area contributed by atoms with Crippen LogP contribution in [0, 0.1) is 5.82 Å². The van der Waals surface area contributed by atoms with Crippen molar-refractivity contribution in [2.75, 3.05) is 18.9 Å². The van der Waals surface area contributed by atoms with Crippen molar-refractivity contribution in [3.8, 4) is 0 Å². The van der Waals surface area contributed by atoms with E-state index in [2.05, 4.69) is 0 Å². The molecule has 1 aromatic carbocycles. The fourth-order valence-corrected chi connectivity index (χ4v) is 1.81. The van der Waals surface area contributed by atoms with Gasteiger partial charge < -0.3 is 15.7 Å². The number of nitrogens with zero attached hydrogens (tertiary/aromatic N) is 1. The summed E-state index contributed by atoms with van der Waals surface area (Å²) >= 11 is 0. The van der Waals surface area contributed by atoms with Gasteiger partial charge in [0.1, 0.15) is 5.82 Å². The summed E-state index contributed by atoms with van der Waals surface area (Å²) in [5, 5.41) is 8.92. The van der Waals surface area contributed by atoms with Gasteiger partial charge in [-0.1, -0.05) is 0 Å². The second-order valence-electron chi connectivity index (χ2n) is 4.19. The zero-order chi connectivity index (χ0) is 12.4. The van der Waals surface area contributed by atoms with Crippen molar-refractivity contribution in [2.45, 2.75) is 18.9 Å². The maximum absolute atomic E-state index is 13.5. The molecule has 1 aromatic rings. The van der Waals surface area contributed by atoms with Crippen LogP contribution in [0.4, 0.5) is 10.1 Å². The average molecular weight is 238 g/mol. The largest absolute Gasteiger partial charge is 0.399 e. The predicted octanol–water partition coefficient (Wildman–Crippen LogP) is 1.00. The van der Waals surface area contributed by atoms with Crippen LogP contribution in [-0.4, -0.2) is 35.1 Å². The lowest BCUT2D eigenvalue weighted by molar-refractivity contribution is 0.0703. The smallest absolute Gasteiger partial charge is 0.257 e. The molecule has 0 bridgehead atoms. The number of carbonyl (C=O) groups is 1. The monoisotopic (exact) mass is 238 g/mol. The molecule has 2 rings (SSSR count). The van der Waals surface area contributed by atoms with E-state index in [9.17, 15) is 9.18 Å². The normalized spacial score (nSPS) is 14.7. The molecule has 0 aliphatic heterocycles. The Morgan fingerprint density at radius 1 is 1.53 bits per heavy atom. The number of rotatable bonds is 4. The maximum Gasteiger partial charge on any atom is 0.257 e. The number of hydrogen-bond donors (Lipinski definition) is 2. The van der Waals surface area contributed by atoms with Crippen molar-refractivity contribution in [2.24, 2.45) is 0 Å². The highest BCUT2D eigenvalue weighted by atomic mass is 19.1. The number of aliphatic hydroxyl groups is 1. The Morgan fingerprint density at radius 3 is 2.82 bits per heavy atom. The Bertz CT molecular complexity index is 433. The van der Waals surface area contributed by atoms with Crippen LogP contribution in [0.5, 0.6) is 0 Å². The average Bonchev–Trinajstić information content (AvgIpc) is 3.12. The van der Waals surface area contributed by atoms with Crippen LogP contribution < -0.4 is 5.73 Å². The molecule has 0 saturated heterocycles. The lowest BCUT2D eigenvalue weighted by Crippen LogP contribution is -2.36. The second-order valence-corrected chi connectivity index (χ2v) is 4.19. The van der Waals surface area contributed by atoms with Crippen LogP contribution >= 0.6 is 0 Å². The highest BCUT2D eigenvalue weighted by Gasteiger charge is 2.33. The Balaban J connectivity index is 2.24. The Hall–Kier alpha value is -1.62. The van der Waals surface area contributed by atoms with Gasteiger partial charge in [0, 0.05) is 18.3 Å². The zero-order valence-corrected chi connectivity index (χ0v) is 9.40. The zero-order valence-electron chi connectivity index (χ0n) is 9.40. The Morgan fingerprint density at radius 2 is 2.24 bits per heavy atom. The van der Waals surface area contributed by atoms with Crippen molar-refractivity contribution >= 4 is 11.6 Å². The minimum absolute atomic E-state index is 0.0228. The number of nitrogens with two attached hydrogens (primary N) is 1. The predicted molar refractivity (Wildman–Crippen MR) is 62.0 cm³/mol. The lowest BCUT2D eigenvalue weighted by Gasteiger charge is -2.21. The SMILES string of the molecule is Nc1ccc(F)c(C(=O)N(CCO)C2CC2)c1. The highest BCUT2D eigenvalue weighted by molar-refractivity contribution is 5.95. The van der Waals surface area contributed by atoms with Gasteiger partial charge in [-0.15, -0.1) is 0 Å². The van der Waals surface area contributed by atoms with Crippen molar-refractivity contribution in [3.05, 3.63) is 29.6 Å². The standard InChI is InChI=1S/C12H15FN2O2/c13-11-4-1-8(14)7-10(11)12(17)15(5-6-16)9-2-3-9/h1,4,7,9,16H,2-3,5-6,14H2. The number of nitrogen functional groups attached to an aromatic ring is 1. The summed E-state index contributed by atoms with van der Waals surface area (Å²) in [6.07, 6.45) is 1.82. The first-order chi connectivity index (χ1) is 8.13. The third-order valence-electron chi connectivity index (χ3n) is 2.81. The van der Waals surface area contributed by atoms with Crippen LogP contribution in [-0.2, 0) is 0 Å². The number of benzene rings is 1. The van der Waals surface area contributed by atoms with E-state index in [1.54, 1.807) is 0 Å². The van der Waals surface area contributed by atoms with Crippen molar-refractivity contribution in [3.63, 3.8) is 0 Å². The van der Waals surface area contributed by atoms with E-state index < -0.39 is 11.7 Å². The molecular weight excluding hydrogens is 223 g/mol. The molecule has 0 heterocycles. The molecular formula is C12H15FN2O2. The van der Waals surface area contributed by atoms with Gasteiger partial charge in [0.05, 0.1) is 12.2 Å². The van der Waals surface area contributed by atoms with Crippen molar-refractivity contribution in [1.29, 1.82) is 0 Å². The summed E-state index contributed by atoms with van der Waals surface area (Å²) in [5.41, 5.74) is 5.88. The van der Waals surface area contributed by atoms with E-state index >= 15 is 0 Å². The molecule has 0 spiro atoms. The van der Waals surface area contributed by atoms with Gasteiger partial charge in [-0.3, -0.25) is 4.79 Å². The van der Waals surface area contributed by atoms with E-state index in [1.165, 1.54) is 23.1 Å². The third kappa shape index (κ3) is 2.55. The minimum atomic E-state index is -0.576. The molecule has 0 unspecified atom stereocenters. The lowest BCUT2D eigenvalue weighted by atomic mass is 10.1. The molecule has 1 fully saturated rings. The Labute approximate surface area is 98.8 Å². The number of halogens is 1. The molecule has 1 saturated carbocycles. The second kappa shape index (κ2) is 4.71. The Kier molecular flexibility index (Phi) is 3.28. The summed E-state index contributed by atoms with van der Waals surface area (Å²) in [4.78, 5) is 13.6. The highest BCUT2D eigenvalue weighted by Crippen LogP contribution is 2.28. The number of hydrogen-bond acceptors (Lipinski definition) is 3. The van der Waals surface area contributed by atoms with E-state index in [0.29, 0.717) is 5.69 Å². The third-order valence-corrected chi connectivity index (χ3v) is 2.81. The quantitative estimate of drug-likeness (QED) is 0.769. The van der Waals surface area contributed by atoms with Gasteiger partial charge >= 0.3 is 0 Å². The number of anilines is 1. The van der Waals surface area contributed by atoms with Crippen molar-refractivity contribution in [1.82, 2.24) is 4.90 Å². The molecule has 1 aliphatic rings. The molecule has 5 heteroatoms. The van der Waals surface area contributed by atoms with Crippen LogP contribution in [0.2, 0.25) is 0 Å². The molecule has 17 heavy (non-hydrogen) atoms. The molecule has 0 aromatic heterocycles. The maximum atomic E-state index is 13.5. The van der Waals surface area contributed by atoms with E-state index in [1.807, 2.05) is 0 Å². The summed E-state index contributed by atoms with van der Waals surface area (Å²) in [6, 6.07) is 4.08. The van der Waals surface area contributed by atoms with Gasteiger partial charge in [-0.25, -0.2) is 4.39 Å². The van der Waals surface area contributed by atoms with Crippen LogP contribution in [0.25, 0.3) is 0 Å². The van der Waals surface area contributed by atoms with Crippen LogP contribution in [0.1, 0.15) is 23.2 Å².